The summed E-state index contributed by atoms with van der Waals surface area (Å²) in [6, 6.07) is 51.9. The molecule has 6 nitrogen and oxygen atoms in total. The Labute approximate surface area is 414 Å². The third-order valence-electron chi connectivity index (χ3n) is 13.2. The molecule has 0 spiro atoms. The van der Waals surface area contributed by atoms with Crippen molar-refractivity contribution in [2.45, 2.75) is 136 Å². The maximum absolute atomic E-state index is 5.36. The molecule has 3 N–H and O–H groups in total. The van der Waals surface area contributed by atoms with E-state index >= 15 is 0 Å². The Kier molecular flexibility index (Phi) is 20.7. The summed E-state index contributed by atoms with van der Waals surface area (Å²) in [7, 11) is 0. The fraction of sp³-hybridized carbons (Fsp3) is 0.381. The van der Waals surface area contributed by atoms with E-state index in [1.807, 2.05) is 0 Å². The highest BCUT2D eigenvalue weighted by Gasteiger charge is 2.08. The van der Waals surface area contributed by atoms with Crippen LogP contribution in [0.1, 0.15) is 136 Å². The molecule has 0 saturated carbocycles. The summed E-state index contributed by atoms with van der Waals surface area (Å²) in [6.07, 6.45) is 23.2. The van der Waals surface area contributed by atoms with E-state index in [2.05, 4.69) is 182 Å². The number of nitrogens with zero attached hydrogens (tertiary/aromatic N) is 3. The van der Waals surface area contributed by atoms with Crippen molar-refractivity contribution >= 4 is 49.8 Å². The largest absolute Gasteiger partial charge is 0.385 e. The van der Waals surface area contributed by atoms with Gasteiger partial charge in [-0.15, -0.1) is 0 Å². The fourth-order valence-corrected chi connectivity index (χ4v) is 9.01. The van der Waals surface area contributed by atoms with E-state index in [0.29, 0.717) is 0 Å². The predicted octanol–water partition coefficient (Wildman–Crippen LogP) is 18.3. The Morgan fingerprint density at radius 2 is 0.493 bits per heavy atom. The van der Waals surface area contributed by atoms with Gasteiger partial charge < -0.3 is 16.0 Å². The molecular weight excluding hydrogens is 841 g/mol. The van der Waals surface area contributed by atoms with E-state index in [-0.39, 0.29) is 0 Å². The molecule has 360 valence electrons. The normalized spacial score (nSPS) is 11.2. The molecule has 0 amide bonds. The lowest BCUT2D eigenvalue weighted by Gasteiger charge is -2.09. The zero-order valence-electron chi connectivity index (χ0n) is 42.0. The van der Waals surface area contributed by atoms with Gasteiger partial charge in [0.2, 0.25) is 0 Å². The van der Waals surface area contributed by atoms with Crippen molar-refractivity contribution in [1.29, 1.82) is 0 Å². The molecule has 0 aliphatic carbocycles. The number of benzene rings is 6. The molecule has 4 heterocycles. The molecule has 0 saturated heterocycles. The maximum atomic E-state index is 5.36. The van der Waals surface area contributed by atoms with E-state index in [4.69, 9.17) is 15.0 Å². The molecule has 0 aliphatic rings. The monoisotopic (exact) mass is 919 g/mol. The number of hydrogen-bond acceptors (Lipinski definition) is 6. The van der Waals surface area contributed by atoms with Crippen molar-refractivity contribution in [1.82, 2.24) is 15.0 Å². The van der Waals surface area contributed by atoms with Crippen LogP contribution in [0.15, 0.2) is 146 Å². The van der Waals surface area contributed by atoms with Crippen LogP contribution >= 0.6 is 0 Å². The lowest BCUT2D eigenvalue weighted by atomic mass is 10.1. The van der Waals surface area contributed by atoms with E-state index in [1.165, 1.54) is 116 Å². The quantitative estimate of drug-likeness (QED) is 0.0446. The average molecular weight is 919 g/mol. The first kappa shape index (κ1) is 50.6. The molecule has 0 atom stereocenters. The first-order chi connectivity index (χ1) is 34.1. The van der Waals surface area contributed by atoms with Crippen LogP contribution in [0.5, 0.6) is 0 Å². The fourth-order valence-electron chi connectivity index (χ4n) is 9.01. The number of anilines is 3. The van der Waals surface area contributed by atoms with Crippen LogP contribution in [-0.2, 0) is 0 Å². The second-order valence-corrected chi connectivity index (χ2v) is 18.8. The number of aromatic nitrogens is 3. The summed E-state index contributed by atoms with van der Waals surface area (Å²) in [6.45, 7) is 9.77. The number of fused-ring (bicyclic) bond motifs is 3. The summed E-state index contributed by atoms with van der Waals surface area (Å²) in [5.74, 6) is 0. The van der Waals surface area contributed by atoms with Crippen LogP contribution in [0.2, 0.25) is 0 Å². The third-order valence-corrected chi connectivity index (χ3v) is 13.2. The van der Waals surface area contributed by atoms with E-state index in [1.54, 1.807) is 0 Å². The standard InChI is InChI=1S/C63H78N6/c1-4-7-10-13-16-19-46-64-55-34-22-49(23-35-55)61-52-28-40-59(41-29-52)68-63(51-26-38-57(39-27-51)66-48-21-18-15-12-9-6-3)54-32-44-60(45-33-54)69-62(53-30-42-58(67-61)43-31-53)50-24-36-56(37-25-50)65-47-20-17-14-11-8-5-2/h22-45,64-66H,4-21,46-48H2,1-3H3. The predicted molar refractivity (Wildman–Crippen MR) is 301 cm³/mol. The average Bonchev–Trinajstić information content (AvgIpc) is 3.39. The minimum atomic E-state index is 0.882. The van der Waals surface area contributed by atoms with Crippen molar-refractivity contribution in [2.75, 3.05) is 35.6 Å². The Morgan fingerprint density at radius 3 is 0.739 bits per heavy atom. The summed E-state index contributed by atoms with van der Waals surface area (Å²) in [5.41, 5.74) is 12.0. The van der Waals surface area contributed by atoms with Crippen LogP contribution in [0.3, 0.4) is 0 Å². The van der Waals surface area contributed by atoms with Gasteiger partial charge in [-0.2, -0.15) is 0 Å². The van der Waals surface area contributed by atoms with E-state index in [0.717, 1.165) is 103 Å². The summed E-state index contributed by atoms with van der Waals surface area (Å²) < 4.78 is 0. The first-order valence-corrected chi connectivity index (χ1v) is 26.7. The Morgan fingerprint density at radius 1 is 0.261 bits per heavy atom. The summed E-state index contributed by atoms with van der Waals surface area (Å²) in [4.78, 5) is 16.1. The highest BCUT2D eigenvalue weighted by Crippen LogP contribution is 2.29. The summed E-state index contributed by atoms with van der Waals surface area (Å²) in [5, 5.41) is 14.1. The lowest BCUT2D eigenvalue weighted by molar-refractivity contribution is 0.617. The number of hydrogen-bond donors (Lipinski definition) is 3. The minimum Gasteiger partial charge on any atom is -0.385 e. The van der Waals surface area contributed by atoms with Gasteiger partial charge in [-0.3, -0.25) is 0 Å². The van der Waals surface area contributed by atoms with Crippen LogP contribution in [0, 0.1) is 0 Å². The van der Waals surface area contributed by atoms with Crippen molar-refractivity contribution in [3.8, 4) is 33.8 Å². The van der Waals surface area contributed by atoms with Gasteiger partial charge in [-0.05, 0) is 92.1 Å². The van der Waals surface area contributed by atoms with Crippen molar-refractivity contribution in [2.24, 2.45) is 0 Å². The number of nitrogens with one attached hydrogen (secondary N) is 3. The molecule has 0 fully saturated rings. The zero-order valence-corrected chi connectivity index (χ0v) is 42.0. The molecule has 0 unspecified atom stereocenters. The van der Waals surface area contributed by atoms with Crippen molar-refractivity contribution in [3.63, 3.8) is 0 Å². The maximum Gasteiger partial charge on any atom is 0.0781 e. The smallest absolute Gasteiger partial charge is 0.0781 e. The Bertz CT molecular complexity index is 2350. The van der Waals surface area contributed by atoms with Gasteiger partial charge in [-0.1, -0.05) is 190 Å². The van der Waals surface area contributed by atoms with Gasteiger partial charge in [-0.25, -0.2) is 15.0 Å². The SMILES string of the molecule is CCCCCCCCNc1ccc(-c2nc3ccc(cc3)c(-c3ccc(NCCCCCCCC)cc3)nc3ccc(cc3)c(-c3ccc(NCCCCCCCC)cc3)nc3ccc2cc3)cc1. The Balaban J connectivity index is 1.25. The van der Waals surface area contributed by atoms with Gasteiger partial charge in [0.1, 0.15) is 0 Å². The molecule has 4 aromatic heterocycles. The topological polar surface area (TPSA) is 74.8 Å². The zero-order chi connectivity index (χ0) is 47.7. The van der Waals surface area contributed by atoms with Crippen LogP contribution < -0.4 is 16.0 Å². The number of unbranched alkanes of at least 4 members (excludes halogenated alkanes) is 15. The Hall–Kier alpha value is -6.27. The third kappa shape index (κ3) is 16.2. The molecule has 0 aliphatic heterocycles. The van der Waals surface area contributed by atoms with Gasteiger partial charge >= 0.3 is 0 Å². The van der Waals surface area contributed by atoms with Gasteiger partial charge in [0.05, 0.1) is 33.6 Å². The van der Waals surface area contributed by atoms with Crippen LogP contribution in [-0.4, -0.2) is 34.6 Å². The first-order valence-electron chi connectivity index (χ1n) is 26.7. The molecule has 6 aromatic carbocycles. The lowest BCUT2D eigenvalue weighted by Crippen LogP contribution is -2.01. The van der Waals surface area contributed by atoms with Gasteiger partial charge in [0.15, 0.2) is 0 Å². The molecule has 10 aromatic rings. The second kappa shape index (κ2) is 28.3. The van der Waals surface area contributed by atoms with Gasteiger partial charge in [0, 0.05) is 69.5 Å². The number of rotatable bonds is 27. The highest BCUT2D eigenvalue weighted by molar-refractivity contribution is 5.86. The molecular formula is C63H78N6. The molecule has 6 heteroatoms. The molecule has 6 bridgehead atoms. The molecule has 69 heavy (non-hydrogen) atoms. The van der Waals surface area contributed by atoms with E-state index < -0.39 is 0 Å². The minimum absolute atomic E-state index is 0.882. The summed E-state index contributed by atoms with van der Waals surface area (Å²) >= 11 is 0. The van der Waals surface area contributed by atoms with E-state index in [9.17, 15) is 0 Å². The van der Waals surface area contributed by atoms with Crippen molar-refractivity contribution < 1.29 is 0 Å². The van der Waals surface area contributed by atoms with Gasteiger partial charge in [0.25, 0.3) is 0 Å². The highest BCUT2D eigenvalue weighted by atomic mass is 14.9. The molecule has 0 radical (unpaired) electrons. The van der Waals surface area contributed by atoms with Crippen LogP contribution in [0.25, 0.3) is 66.5 Å². The van der Waals surface area contributed by atoms with Crippen molar-refractivity contribution in [3.05, 3.63) is 146 Å². The van der Waals surface area contributed by atoms with Crippen LogP contribution in [0.4, 0.5) is 17.1 Å². The molecule has 10 rings (SSSR count). The second-order valence-electron chi connectivity index (χ2n) is 18.8.